The molecule has 1 aromatic carbocycles. The van der Waals surface area contributed by atoms with Gasteiger partial charge in [-0.1, -0.05) is 12.1 Å². The van der Waals surface area contributed by atoms with E-state index in [9.17, 15) is 22.8 Å². The van der Waals surface area contributed by atoms with Gasteiger partial charge in [0, 0.05) is 28.5 Å². The molecule has 0 saturated carbocycles. The van der Waals surface area contributed by atoms with Crippen LogP contribution in [0, 0.1) is 0 Å². The quantitative estimate of drug-likeness (QED) is 0.902. The highest BCUT2D eigenvalue weighted by atomic mass is 19.4. The lowest BCUT2D eigenvalue weighted by Crippen LogP contribution is -2.29. The standard InChI is InChI=1S/C18H18F3NO2/c1-9-15(11(3)23)17(16(12(4)24)10(2)22-9)13-5-7-14(8-6-13)18(19,20)21/h5-8,17,22H,1-4H3. The van der Waals surface area contributed by atoms with Crippen molar-refractivity contribution >= 4 is 11.6 Å². The summed E-state index contributed by atoms with van der Waals surface area (Å²) in [6.07, 6.45) is -4.43. The van der Waals surface area contributed by atoms with E-state index in [0.29, 0.717) is 28.1 Å². The molecular formula is C18H18F3NO2. The van der Waals surface area contributed by atoms with Crippen molar-refractivity contribution in [3.8, 4) is 0 Å². The smallest absolute Gasteiger partial charge is 0.362 e. The summed E-state index contributed by atoms with van der Waals surface area (Å²) in [4.78, 5) is 24.2. The molecule has 0 aromatic heterocycles. The highest BCUT2D eigenvalue weighted by molar-refractivity contribution is 6.03. The molecule has 0 radical (unpaired) electrons. The van der Waals surface area contributed by atoms with E-state index in [1.54, 1.807) is 13.8 Å². The van der Waals surface area contributed by atoms with Crippen LogP contribution in [-0.4, -0.2) is 11.6 Å². The molecule has 128 valence electrons. The van der Waals surface area contributed by atoms with Crippen molar-refractivity contribution < 1.29 is 22.8 Å². The Bertz CT molecular complexity index is 719. The predicted octanol–water partition coefficient (Wildman–Crippen LogP) is 4.12. The van der Waals surface area contributed by atoms with Gasteiger partial charge in [0.1, 0.15) is 0 Å². The number of carbonyl (C=O) groups excluding carboxylic acids is 2. The fraction of sp³-hybridized carbons (Fsp3) is 0.333. The molecule has 0 amide bonds. The third kappa shape index (κ3) is 3.27. The number of Topliss-reactive ketones (excluding diaryl/α,β-unsaturated/α-hetero) is 2. The summed E-state index contributed by atoms with van der Waals surface area (Å²) in [5, 5.41) is 3.02. The molecule has 1 N–H and O–H groups in total. The van der Waals surface area contributed by atoms with Crippen LogP contribution in [0.25, 0.3) is 0 Å². The monoisotopic (exact) mass is 337 g/mol. The lowest BCUT2D eigenvalue weighted by molar-refractivity contribution is -0.137. The van der Waals surface area contributed by atoms with Gasteiger partial charge < -0.3 is 5.32 Å². The van der Waals surface area contributed by atoms with Crippen LogP contribution in [-0.2, 0) is 15.8 Å². The van der Waals surface area contributed by atoms with E-state index in [4.69, 9.17) is 0 Å². The average molecular weight is 337 g/mol. The largest absolute Gasteiger partial charge is 0.416 e. The van der Waals surface area contributed by atoms with E-state index in [1.165, 1.54) is 26.0 Å². The number of nitrogens with one attached hydrogen (secondary N) is 1. The molecule has 0 aliphatic carbocycles. The SMILES string of the molecule is CC(=O)C1=C(C)NC(C)=C(C(C)=O)C1c1ccc(C(F)(F)F)cc1. The molecule has 0 bridgehead atoms. The van der Waals surface area contributed by atoms with Crippen molar-refractivity contribution in [1.29, 1.82) is 0 Å². The van der Waals surface area contributed by atoms with E-state index in [2.05, 4.69) is 5.32 Å². The summed E-state index contributed by atoms with van der Waals surface area (Å²) in [5.74, 6) is -1.11. The Morgan fingerprint density at radius 2 is 1.33 bits per heavy atom. The molecule has 24 heavy (non-hydrogen) atoms. The van der Waals surface area contributed by atoms with Crippen LogP contribution in [0.1, 0.15) is 44.7 Å². The van der Waals surface area contributed by atoms with Crippen LogP contribution in [0.4, 0.5) is 13.2 Å². The number of hydrogen-bond donors (Lipinski definition) is 1. The first-order valence-electron chi connectivity index (χ1n) is 7.41. The van der Waals surface area contributed by atoms with Crippen LogP contribution in [0.2, 0.25) is 0 Å². The summed E-state index contributed by atoms with van der Waals surface area (Å²) in [5.41, 5.74) is 1.72. The zero-order chi connectivity index (χ0) is 18.2. The second-order valence-corrected chi connectivity index (χ2v) is 5.87. The number of rotatable bonds is 3. The van der Waals surface area contributed by atoms with Crippen molar-refractivity contribution in [3.05, 3.63) is 57.9 Å². The average Bonchev–Trinajstić information content (AvgIpc) is 2.44. The molecule has 1 aliphatic heterocycles. The lowest BCUT2D eigenvalue weighted by Gasteiger charge is -2.30. The molecule has 1 aromatic rings. The Kier molecular flexibility index (Phi) is 4.69. The van der Waals surface area contributed by atoms with Crippen molar-refractivity contribution in [3.63, 3.8) is 0 Å². The summed E-state index contributed by atoms with van der Waals surface area (Å²) in [6, 6.07) is 4.59. The van der Waals surface area contributed by atoms with Gasteiger partial charge in [0.2, 0.25) is 0 Å². The zero-order valence-electron chi connectivity index (χ0n) is 13.8. The fourth-order valence-corrected chi connectivity index (χ4v) is 3.13. The van der Waals surface area contributed by atoms with Crippen molar-refractivity contribution in [2.24, 2.45) is 0 Å². The van der Waals surface area contributed by atoms with Crippen LogP contribution < -0.4 is 5.32 Å². The summed E-state index contributed by atoms with van der Waals surface area (Å²) >= 11 is 0. The van der Waals surface area contributed by atoms with Crippen LogP contribution in [0.5, 0.6) is 0 Å². The van der Waals surface area contributed by atoms with E-state index >= 15 is 0 Å². The van der Waals surface area contributed by atoms with Gasteiger partial charge in [-0.15, -0.1) is 0 Å². The van der Waals surface area contributed by atoms with Crippen molar-refractivity contribution in [2.45, 2.75) is 39.8 Å². The second kappa shape index (κ2) is 6.26. The Balaban J connectivity index is 2.62. The van der Waals surface area contributed by atoms with Gasteiger partial charge in [0.25, 0.3) is 0 Å². The third-order valence-electron chi connectivity index (χ3n) is 4.09. The van der Waals surface area contributed by atoms with E-state index in [1.807, 2.05) is 0 Å². The van der Waals surface area contributed by atoms with E-state index in [-0.39, 0.29) is 11.6 Å². The molecule has 1 heterocycles. The number of dihydropyridines is 1. The van der Waals surface area contributed by atoms with Gasteiger partial charge in [0.15, 0.2) is 11.6 Å². The molecular weight excluding hydrogens is 319 g/mol. The molecule has 1 aliphatic rings. The maximum absolute atomic E-state index is 12.8. The first-order valence-corrected chi connectivity index (χ1v) is 7.41. The van der Waals surface area contributed by atoms with Crippen LogP contribution in [0.15, 0.2) is 46.8 Å². The minimum Gasteiger partial charge on any atom is -0.362 e. The number of hydrogen-bond acceptors (Lipinski definition) is 3. The lowest BCUT2D eigenvalue weighted by atomic mass is 9.77. The van der Waals surface area contributed by atoms with Gasteiger partial charge in [0.05, 0.1) is 5.56 Å². The zero-order valence-corrected chi connectivity index (χ0v) is 13.8. The number of alkyl halides is 3. The first kappa shape index (κ1) is 18.0. The van der Waals surface area contributed by atoms with E-state index < -0.39 is 17.7 Å². The van der Waals surface area contributed by atoms with Gasteiger partial charge in [-0.05, 0) is 45.4 Å². The summed E-state index contributed by atoms with van der Waals surface area (Å²) < 4.78 is 38.3. The highest BCUT2D eigenvalue weighted by Crippen LogP contribution is 2.39. The fourth-order valence-electron chi connectivity index (χ4n) is 3.13. The molecule has 0 spiro atoms. The van der Waals surface area contributed by atoms with E-state index in [0.717, 1.165) is 12.1 Å². The molecule has 0 saturated heterocycles. The summed E-state index contributed by atoms with van der Waals surface area (Å²) in [6.45, 7) is 6.20. The number of halogens is 3. The number of benzene rings is 1. The maximum Gasteiger partial charge on any atom is 0.416 e. The minimum atomic E-state index is -4.43. The van der Waals surface area contributed by atoms with Crippen molar-refractivity contribution in [2.75, 3.05) is 0 Å². The molecule has 3 nitrogen and oxygen atoms in total. The number of allylic oxidation sites excluding steroid dienone is 4. The second-order valence-electron chi connectivity index (χ2n) is 5.87. The third-order valence-corrected chi connectivity index (χ3v) is 4.09. The Morgan fingerprint density at radius 3 is 1.67 bits per heavy atom. The molecule has 0 fully saturated rings. The topological polar surface area (TPSA) is 46.2 Å². The molecule has 0 unspecified atom stereocenters. The minimum absolute atomic E-state index is 0.226. The molecule has 0 atom stereocenters. The Morgan fingerprint density at radius 1 is 0.917 bits per heavy atom. The van der Waals surface area contributed by atoms with Crippen LogP contribution in [0.3, 0.4) is 0 Å². The number of carbonyl (C=O) groups is 2. The van der Waals surface area contributed by atoms with Gasteiger partial charge in [-0.25, -0.2) is 0 Å². The Labute approximate surface area is 138 Å². The number of ketones is 2. The molecule has 2 rings (SSSR count). The molecule has 6 heteroatoms. The first-order chi connectivity index (χ1) is 11.0. The van der Waals surface area contributed by atoms with Crippen LogP contribution >= 0.6 is 0 Å². The van der Waals surface area contributed by atoms with Gasteiger partial charge in [-0.2, -0.15) is 13.2 Å². The summed E-state index contributed by atoms with van der Waals surface area (Å²) in [7, 11) is 0. The predicted molar refractivity (Wildman–Crippen MR) is 84.1 cm³/mol. The normalized spacial score (nSPS) is 16.3. The highest BCUT2D eigenvalue weighted by Gasteiger charge is 2.35. The Hall–Kier alpha value is -2.37. The van der Waals surface area contributed by atoms with Gasteiger partial charge in [-0.3, -0.25) is 9.59 Å². The maximum atomic E-state index is 12.8. The van der Waals surface area contributed by atoms with Crippen molar-refractivity contribution in [1.82, 2.24) is 5.32 Å². The van der Waals surface area contributed by atoms with Gasteiger partial charge >= 0.3 is 6.18 Å².